The summed E-state index contributed by atoms with van der Waals surface area (Å²) in [6, 6.07) is 0. The number of likely N-dealkylation sites (N-methyl/N-ethyl adjacent to an activating group) is 1. The number of hydrazone groups is 1. The predicted octanol–water partition coefficient (Wildman–Crippen LogP) is 4.34. The molecule has 6 rings (SSSR count). The standard InChI is InChI=1S/C43H58N4O12/c1-21-12-11-13-22(2)42(55)45-33-28(20-44-47-17-15-46(9)16-18-47)37(52)30-31(38(33)53)36(51)26(6)40-32(30)41(54)43(8,59-40)57-19-14-29(56-10)23(3)39(58-27(7)48)25(5)35(50)24(4)34(21)49/h11-14,19-21,23-25,29,34-35,39,49-53H,15-18H2,1-10H3,(H,45,55)/b12-11?,19-14?,22-13?,44-20+/t21-,23+,24+,25+,29-,34+,35+,39+,43-/m0/s1. The molecule has 0 aromatic heterocycles. The van der Waals surface area contributed by atoms with Gasteiger partial charge < -0.3 is 54.7 Å². The minimum atomic E-state index is -2.04. The number of ether oxygens (including phenoxy) is 4. The van der Waals surface area contributed by atoms with E-state index >= 15 is 0 Å². The first-order valence-electron chi connectivity index (χ1n) is 19.8. The van der Waals surface area contributed by atoms with Crippen LogP contribution in [-0.4, -0.2) is 130 Å². The average molecular weight is 823 g/mol. The number of phenolic OH excluding ortho intramolecular Hbond substituents is 3. The van der Waals surface area contributed by atoms with Crippen LogP contribution in [-0.2, 0) is 23.8 Å². The molecule has 0 radical (unpaired) electrons. The Morgan fingerprint density at radius 1 is 0.949 bits per heavy atom. The van der Waals surface area contributed by atoms with Crippen molar-refractivity contribution in [3.63, 3.8) is 0 Å². The number of piperazine rings is 1. The Morgan fingerprint density at radius 3 is 2.24 bits per heavy atom. The van der Waals surface area contributed by atoms with E-state index in [1.54, 1.807) is 44.9 Å². The molecule has 1 amide bonds. The Labute approximate surface area is 344 Å². The van der Waals surface area contributed by atoms with Gasteiger partial charge in [-0.1, -0.05) is 45.9 Å². The first kappa shape index (κ1) is 44.9. The molecule has 2 aromatic rings. The van der Waals surface area contributed by atoms with Crippen molar-refractivity contribution in [1.29, 1.82) is 0 Å². The van der Waals surface area contributed by atoms with Gasteiger partial charge in [0.15, 0.2) is 5.75 Å². The number of benzene rings is 2. The number of hydrogen-bond acceptors (Lipinski definition) is 15. The molecule has 4 aliphatic rings. The highest BCUT2D eigenvalue weighted by Gasteiger charge is 2.50. The molecule has 6 N–H and O–H groups in total. The summed E-state index contributed by atoms with van der Waals surface area (Å²) in [4.78, 5) is 42.6. The van der Waals surface area contributed by atoms with Gasteiger partial charge in [0.05, 0.1) is 53.0 Å². The van der Waals surface area contributed by atoms with Crippen LogP contribution in [0.4, 0.5) is 5.69 Å². The Bertz CT molecular complexity index is 2070. The second-order valence-electron chi connectivity index (χ2n) is 16.1. The van der Waals surface area contributed by atoms with E-state index < -0.39 is 88.8 Å². The second kappa shape index (κ2) is 18.0. The molecule has 4 aliphatic heterocycles. The highest BCUT2D eigenvalue weighted by Crippen LogP contribution is 2.55. The molecule has 1 saturated heterocycles. The number of rotatable bonds is 4. The number of allylic oxidation sites excluding steroid dienone is 2. The molecule has 5 bridgehead atoms. The fourth-order valence-electron chi connectivity index (χ4n) is 7.92. The summed E-state index contributed by atoms with van der Waals surface area (Å²) >= 11 is 0. The quantitative estimate of drug-likeness (QED) is 0.109. The molecule has 0 spiro atoms. The third kappa shape index (κ3) is 8.91. The van der Waals surface area contributed by atoms with Crippen molar-refractivity contribution in [3.8, 4) is 23.0 Å². The van der Waals surface area contributed by atoms with Crippen molar-refractivity contribution in [3.05, 3.63) is 52.8 Å². The van der Waals surface area contributed by atoms with Crippen LogP contribution in [0.3, 0.4) is 0 Å². The number of fused-ring (bicyclic) bond motifs is 14. The van der Waals surface area contributed by atoms with Crippen LogP contribution in [0.2, 0.25) is 0 Å². The topological polar surface area (TPSA) is 220 Å². The minimum absolute atomic E-state index is 0.0559. The average Bonchev–Trinajstić information content (AvgIpc) is 3.46. The van der Waals surface area contributed by atoms with E-state index in [1.807, 2.05) is 7.05 Å². The van der Waals surface area contributed by atoms with Gasteiger partial charge in [0.1, 0.15) is 23.4 Å². The fraction of sp³-hybridized carbons (Fsp3) is 0.535. The summed E-state index contributed by atoms with van der Waals surface area (Å²) < 4.78 is 23.6. The molecule has 59 heavy (non-hydrogen) atoms. The number of ketones is 1. The second-order valence-corrected chi connectivity index (χ2v) is 16.1. The van der Waals surface area contributed by atoms with Crippen molar-refractivity contribution in [1.82, 2.24) is 9.91 Å². The van der Waals surface area contributed by atoms with E-state index in [-0.39, 0.29) is 44.5 Å². The van der Waals surface area contributed by atoms with Crippen LogP contribution in [0.25, 0.3) is 10.8 Å². The van der Waals surface area contributed by atoms with Crippen molar-refractivity contribution >= 4 is 40.3 Å². The molecular formula is C43H58N4O12. The van der Waals surface area contributed by atoms with Crippen LogP contribution < -0.4 is 10.1 Å². The monoisotopic (exact) mass is 822 g/mol. The van der Waals surface area contributed by atoms with Crippen molar-refractivity contribution in [2.45, 2.75) is 85.6 Å². The molecule has 322 valence electrons. The fourth-order valence-corrected chi connectivity index (χ4v) is 7.92. The van der Waals surface area contributed by atoms with Gasteiger partial charge in [0, 0.05) is 87.3 Å². The van der Waals surface area contributed by atoms with Gasteiger partial charge in [-0.25, -0.2) is 0 Å². The van der Waals surface area contributed by atoms with E-state index in [0.717, 1.165) is 13.1 Å². The number of aliphatic hydroxyl groups excluding tert-OH is 2. The number of carbonyl (C=O) groups is 3. The molecule has 4 heterocycles. The summed E-state index contributed by atoms with van der Waals surface area (Å²) in [5, 5.41) is 66.8. The van der Waals surface area contributed by atoms with Gasteiger partial charge >= 0.3 is 11.8 Å². The van der Waals surface area contributed by atoms with E-state index in [1.165, 1.54) is 59.4 Å². The highest BCUT2D eigenvalue weighted by atomic mass is 16.7. The first-order valence-corrected chi connectivity index (χ1v) is 19.8. The maximum absolute atomic E-state index is 14.4. The molecule has 9 atom stereocenters. The number of esters is 1. The molecule has 1 fully saturated rings. The van der Waals surface area contributed by atoms with Crippen LogP contribution >= 0.6 is 0 Å². The summed E-state index contributed by atoms with van der Waals surface area (Å²) in [5.74, 6) is -8.34. The van der Waals surface area contributed by atoms with Gasteiger partial charge in [-0.2, -0.15) is 5.10 Å². The van der Waals surface area contributed by atoms with Gasteiger partial charge in [-0.05, 0) is 27.0 Å². The number of amides is 1. The van der Waals surface area contributed by atoms with Gasteiger partial charge in [-0.3, -0.25) is 19.4 Å². The third-order valence-electron chi connectivity index (χ3n) is 11.9. The van der Waals surface area contributed by atoms with Crippen molar-refractivity contribution in [2.75, 3.05) is 45.7 Å². The zero-order valence-corrected chi connectivity index (χ0v) is 35.3. The smallest absolute Gasteiger partial charge is 0.312 e. The highest BCUT2D eigenvalue weighted by molar-refractivity contribution is 6.23. The molecule has 2 aromatic carbocycles. The number of carbonyl (C=O) groups excluding carboxylic acids is 3. The molecule has 0 saturated carbocycles. The third-order valence-corrected chi connectivity index (χ3v) is 11.9. The minimum Gasteiger partial charge on any atom is -0.507 e. The Hall–Kier alpha value is -5.16. The maximum atomic E-state index is 14.4. The molecule has 0 unspecified atom stereocenters. The van der Waals surface area contributed by atoms with E-state index in [2.05, 4.69) is 15.3 Å². The van der Waals surface area contributed by atoms with E-state index in [9.17, 15) is 39.9 Å². The number of nitrogens with one attached hydrogen (secondary N) is 1. The Morgan fingerprint density at radius 2 is 1.61 bits per heavy atom. The SMILES string of the molecule is CO[C@H]1C=CO[C@@]2(C)Oc3c(C)c(O)c4c(O)c(c(/C=N/N5CCN(C)CC5)c(O)c4c3C2=O)NC(=O)C(C)=CC=C[C@H](C)[C@@H](O)[C@@H](C)[C@@H](O)[C@@H](C)[C@H](OC(C)=O)[C@@H]1C. The summed E-state index contributed by atoms with van der Waals surface area (Å²) in [5.41, 5.74) is -0.350. The number of aromatic hydroxyl groups is 3. The largest absolute Gasteiger partial charge is 0.507 e. The van der Waals surface area contributed by atoms with E-state index in [4.69, 9.17) is 18.9 Å². The molecule has 16 nitrogen and oxygen atoms in total. The normalized spacial score (nSPS) is 30.1. The molecule has 0 aliphatic carbocycles. The maximum Gasteiger partial charge on any atom is 0.312 e. The first-order chi connectivity index (χ1) is 27.7. The lowest BCUT2D eigenvalue weighted by molar-refractivity contribution is -0.160. The Balaban J connectivity index is 1.70. The zero-order valence-electron chi connectivity index (χ0n) is 35.3. The summed E-state index contributed by atoms with van der Waals surface area (Å²) in [6.45, 7) is 15.1. The van der Waals surface area contributed by atoms with Gasteiger partial charge in [0.2, 0.25) is 0 Å². The van der Waals surface area contributed by atoms with E-state index in [0.29, 0.717) is 13.1 Å². The number of methoxy groups -OCH3 is 1. The van der Waals surface area contributed by atoms with Crippen LogP contribution in [0.5, 0.6) is 23.0 Å². The zero-order chi connectivity index (χ0) is 43.7. The van der Waals surface area contributed by atoms with Crippen LogP contribution in [0.1, 0.15) is 70.0 Å². The summed E-state index contributed by atoms with van der Waals surface area (Å²) in [6.07, 6.45) is 4.86. The van der Waals surface area contributed by atoms with Crippen molar-refractivity contribution < 1.29 is 58.9 Å². The lowest BCUT2D eigenvalue weighted by Crippen LogP contribution is -2.46. The number of phenols is 3. The number of hydrogen-bond donors (Lipinski definition) is 6. The van der Waals surface area contributed by atoms with Gasteiger partial charge in [-0.15, -0.1) is 0 Å². The van der Waals surface area contributed by atoms with Crippen LogP contribution in [0.15, 0.2) is 41.2 Å². The number of aliphatic hydroxyl groups is 2. The molecular weight excluding hydrogens is 764 g/mol. The number of nitrogens with zero attached hydrogens (tertiary/aromatic N) is 3. The summed E-state index contributed by atoms with van der Waals surface area (Å²) in [7, 11) is 3.42. The number of Topliss-reactive ketones (excluding diaryl/α,β-unsaturated/α-hetero) is 1. The van der Waals surface area contributed by atoms with Gasteiger partial charge in [0.25, 0.3) is 11.7 Å². The Kier molecular flexibility index (Phi) is 13.7. The lowest BCUT2D eigenvalue weighted by atomic mass is 9.78. The molecule has 16 heteroatoms. The van der Waals surface area contributed by atoms with Crippen LogP contribution in [0, 0.1) is 30.6 Å². The lowest BCUT2D eigenvalue weighted by Gasteiger charge is -2.38. The predicted molar refractivity (Wildman–Crippen MR) is 220 cm³/mol. The van der Waals surface area contributed by atoms with Crippen molar-refractivity contribution in [2.24, 2.45) is 28.8 Å². The number of anilines is 1.